The van der Waals surface area contributed by atoms with Crippen molar-refractivity contribution in [2.24, 2.45) is 0 Å². The standard InChI is InChI=1S/C4H7N2O3PS3/c1-11-3-5-6-4(13-3)12-2-10(7,8)9/h2H2,1H3,(H2,7,8,9). The van der Waals surface area contributed by atoms with Crippen molar-refractivity contribution in [1.29, 1.82) is 0 Å². The van der Waals surface area contributed by atoms with Gasteiger partial charge in [-0.2, -0.15) is 0 Å². The first-order chi connectivity index (χ1) is 6.01. The highest BCUT2D eigenvalue weighted by molar-refractivity contribution is 8.06. The van der Waals surface area contributed by atoms with E-state index in [0.29, 0.717) is 4.34 Å². The second kappa shape index (κ2) is 4.77. The topological polar surface area (TPSA) is 83.3 Å². The molecule has 0 aliphatic heterocycles. The second-order valence-electron chi connectivity index (χ2n) is 1.98. The van der Waals surface area contributed by atoms with Gasteiger partial charge in [0.2, 0.25) is 0 Å². The molecule has 1 heterocycles. The largest absolute Gasteiger partial charge is 0.335 e. The summed E-state index contributed by atoms with van der Waals surface area (Å²) in [7, 11) is -3.94. The van der Waals surface area contributed by atoms with Crippen LogP contribution < -0.4 is 0 Å². The van der Waals surface area contributed by atoms with Crippen molar-refractivity contribution < 1.29 is 14.4 Å². The average Bonchev–Trinajstić information content (AvgIpc) is 2.47. The Hall–Kier alpha value is 0.410. The van der Waals surface area contributed by atoms with Gasteiger partial charge in [0.25, 0.3) is 0 Å². The molecule has 0 saturated heterocycles. The first kappa shape index (κ1) is 11.5. The Balaban J connectivity index is 2.50. The molecule has 0 spiro atoms. The van der Waals surface area contributed by atoms with Crippen LogP contribution in [0.4, 0.5) is 0 Å². The smallest absolute Gasteiger partial charge is 0.324 e. The van der Waals surface area contributed by atoms with E-state index in [0.717, 1.165) is 16.1 Å². The van der Waals surface area contributed by atoms with E-state index in [1.54, 1.807) is 0 Å². The molecule has 1 aromatic rings. The molecule has 0 aromatic carbocycles. The molecule has 0 atom stereocenters. The molecule has 0 radical (unpaired) electrons. The first-order valence-electron chi connectivity index (χ1n) is 3.06. The van der Waals surface area contributed by atoms with Gasteiger partial charge in [0.05, 0.1) is 0 Å². The quantitative estimate of drug-likeness (QED) is 0.625. The van der Waals surface area contributed by atoms with Crippen LogP contribution in [0.5, 0.6) is 0 Å². The summed E-state index contributed by atoms with van der Waals surface area (Å²) in [5.41, 5.74) is -0.240. The maximum atomic E-state index is 10.5. The van der Waals surface area contributed by atoms with Crippen molar-refractivity contribution in [3.05, 3.63) is 0 Å². The molecule has 2 N–H and O–H groups in total. The maximum Gasteiger partial charge on any atom is 0.335 e. The average molecular weight is 258 g/mol. The van der Waals surface area contributed by atoms with Gasteiger partial charge in [-0.3, -0.25) is 4.57 Å². The second-order valence-corrected chi connectivity index (χ2v) is 7.30. The zero-order valence-electron chi connectivity index (χ0n) is 6.58. The van der Waals surface area contributed by atoms with Crippen molar-refractivity contribution in [1.82, 2.24) is 10.2 Å². The highest BCUT2D eigenvalue weighted by atomic mass is 32.2. The fourth-order valence-corrected chi connectivity index (χ4v) is 3.80. The van der Waals surface area contributed by atoms with Crippen LogP contribution in [0.2, 0.25) is 0 Å². The van der Waals surface area contributed by atoms with Gasteiger partial charge in [-0.1, -0.05) is 34.9 Å². The SMILES string of the molecule is CSc1nnc(SCP(=O)(O)O)s1. The molecule has 1 aromatic heterocycles. The zero-order chi connectivity index (χ0) is 9.90. The Morgan fingerprint density at radius 2 is 2.08 bits per heavy atom. The summed E-state index contributed by atoms with van der Waals surface area (Å²) >= 11 is 3.83. The summed E-state index contributed by atoms with van der Waals surface area (Å²) in [6.45, 7) is 0. The van der Waals surface area contributed by atoms with Crippen LogP contribution in [0.3, 0.4) is 0 Å². The van der Waals surface area contributed by atoms with Gasteiger partial charge in [0, 0.05) is 0 Å². The summed E-state index contributed by atoms with van der Waals surface area (Å²) in [6.07, 6.45) is 1.87. The van der Waals surface area contributed by atoms with Crippen LogP contribution in [-0.2, 0) is 4.57 Å². The Bertz CT molecular complexity index is 324. The van der Waals surface area contributed by atoms with Gasteiger partial charge in [-0.15, -0.1) is 10.2 Å². The molecule has 0 aliphatic carbocycles. The lowest BCUT2D eigenvalue weighted by Crippen LogP contribution is -1.81. The number of nitrogens with zero attached hydrogens (tertiary/aromatic N) is 2. The van der Waals surface area contributed by atoms with Crippen LogP contribution in [0, 0.1) is 0 Å². The predicted octanol–water partition coefficient (Wildman–Crippen LogP) is 1.49. The molecule has 0 aliphatic rings. The molecule has 5 nitrogen and oxygen atoms in total. The highest BCUT2D eigenvalue weighted by Crippen LogP contribution is 2.42. The van der Waals surface area contributed by atoms with Crippen LogP contribution in [0.1, 0.15) is 0 Å². The summed E-state index contributed by atoms with van der Waals surface area (Å²) < 4.78 is 11.9. The van der Waals surface area contributed by atoms with Gasteiger partial charge in [0.1, 0.15) is 5.49 Å². The Kier molecular flexibility index (Phi) is 4.21. The molecular weight excluding hydrogens is 251 g/mol. The van der Waals surface area contributed by atoms with Crippen molar-refractivity contribution in [2.75, 3.05) is 11.7 Å². The zero-order valence-corrected chi connectivity index (χ0v) is 9.92. The van der Waals surface area contributed by atoms with E-state index < -0.39 is 7.60 Å². The van der Waals surface area contributed by atoms with Crippen LogP contribution in [0.15, 0.2) is 8.68 Å². The molecular formula is C4H7N2O3PS3. The van der Waals surface area contributed by atoms with Crippen molar-refractivity contribution in [3.8, 4) is 0 Å². The van der Waals surface area contributed by atoms with E-state index in [4.69, 9.17) is 9.79 Å². The van der Waals surface area contributed by atoms with E-state index in [9.17, 15) is 4.57 Å². The van der Waals surface area contributed by atoms with Crippen molar-refractivity contribution in [3.63, 3.8) is 0 Å². The molecule has 0 saturated carbocycles. The van der Waals surface area contributed by atoms with E-state index in [-0.39, 0.29) is 5.49 Å². The van der Waals surface area contributed by atoms with E-state index in [2.05, 4.69) is 10.2 Å². The monoisotopic (exact) mass is 258 g/mol. The summed E-state index contributed by atoms with van der Waals surface area (Å²) in [5, 5.41) is 7.55. The van der Waals surface area contributed by atoms with Crippen molar-refractivity contribution >= 4 is 42.5 Å². The number of rotatable bonds is 4. The number of hydrogen-bond donors (Lipinski definition) is 2. The normalized spacial score (nSPS) is 11.9. The summed E-state index contributed by atoms with van der Waals surface area (Å²) in [4.78, 5) is 17.2. The van der Waals surface area contributed by atoms with Gasteiger partial charge < -0.3 is 9.79 Å². The molecule has 0 fully saturated rings. The van der Waals surface area contributed by atoms with Gasteiger partial charge in [0.15, 0.2) is 8.68 Å². The van der Waals surface area contributed by atoms with E-state index in [1.165, 1.54) is 23.1 Å². The van der Waals surface area contributed by atoms with Crippen LogP contribution in [-0.4, -0.2) is 31.7 Å². The lowest BCUT2D eigenvalue weighted by atomic mass is 11.5. The first-order valence-corrected chi connectivity index (χ1v) is 7.88. The molecule has 0 amide bonds. The third kappa shape index (κ3) is 4.44. The lowest BCUT2D eigenvalue weighted by Gasteiger charge is -1.98. The minimum absolute atomic E-state index is 0.240. The minimum Gasteiger partial charge on any atom is -0.324 e. The molecule has 1 rings (SSSR count). The van der Waals surface area contributed by atoms with Crippen LogP contribution in [0.25, 0.3) is 0 Å². The van der Waals surface area contributed by atoms with E-state index >= 15 is 0 Å². The highest BCUT2D eigenvalue weighted by Gasteiger charge is 2.15. The minimum atomic E-state index is -3.94. The maximum absolute atomic E-state index is 10.5. The fourth-order valence-electron chi connectivity index (χ4n) is 0.477. The third-order valence-corrected chi connectivity index (χ3v) is 5.41. The fraction of sp³-hybridized carbons (Fsp3) is 0.500. The third-order valence-electron chi connectivity index (χ3n) is 0.919. The van der Waals surface area contributed by atoms with E-state index in [1.807, 2.05) is 6.26 Å². The Morgan fingerprint density at radius 3 is 2.54 bits per heavy atom. The van der Waals surface area contributed by atoms with Gasteiger partial charge in [-0.05, 0) is 6.26 Å². The molecule has 9 heteroatoms. The number of aromatic nitrogens is 2. The van der Waals surface area contributed by atoms with Gasteiger partial charge in [-0.25, -0.2) is 0 Å². The molecule has 74 valence electrons. The Morgan fingerprint density at radius 1 is 1.46 bits per heavy atom. The molecule has 0 bridgehead atoms. The summed E-state index contributed by atoms with van der Waals surface area (Å²) in [5.74, 6) is 0. The predicted molar refractivity (Wildman–Crippen MR) is 54.5 cm³/mol. The van der Waals surface area contributed by atoms with Crippen LogP contribution >= 0.6 is 42.5 Å². The Labute approximate surface area is 87.5 Å². The lowest BCUT2D eigenvalue weighted by molar-refractivity contribution is 0.379. The van der Waals surface area contributed by atoms with Crippen molar-refractivity contribution in [2.45, 2.75) is 8.68 Å². The number of hydrogen-bond acceptors (Lipinski definition) is 6. The van der Waals surface area contributed by atoms with Gasteiger partial charge >= 0.3 is 7.60 Å². The molecule has 13 heavy (non-hydrogen) atoms. The number of thioether (sulfide) groups is 2. The summed E-state index contributed by atoms with van der Waals surface area (Å²) in [6, 6.07) is 0. The molecule has 0 unspecified atom stereocenters.